The summed E-state index contributed by atoms with van der Waals surface area (Å²) in [6.07, 6.45) is 0.654. The van der Waals surface area contributed by atoms with Gasteiger partial charge in [0, 0.05) is 55.6 Å². The van der Waals surface area contributed by atoms with Crippen LogP contribution in [-0.2, 0) is 6.42 Å². The van der Waals surface area contributed by atoms with Gasteiger partial charge in [-0.1, -0.05) is 6.07 Å². The Hall–Kier alpha value is -4.05. The molecule has 1 aromatic heterocycles. The maximum absolute atomic E-state index is 13.6. The van der Waals surface area contributed by atoms with E-state index < -0.39 is 18.3 Å². The summed E-state index contributed by atoms with van der Waals surface area (Å²) < 4.78 is 40.1. The molecular formula is C29H31F3N6O. The number of fused-ring (bicyclic) bond motifs is 1. The normalized spacial score (nSPS) is 14.1. The number of carbonyl (C=O) groups is 1. The van der Waals surface area contributed by atoms with Gasteiger partial charge in [-0.25, -0.2) is 8.78 Å². The fourth-order valence-electron chi connectivity index (χ4n) is 4.82. The molecule has 0 atom stereocenters. The van der Waals surface area contributed by atoms with E-state index in [0.29, 0.717) is 52.9 Å². The number of alkyl halides is 1. The highest BCUT2D eigenvalue weighted by molar-refractivity contribution is 6.11. The van der Waals surface area contributed by atoms with E-state index in [4.69, 9.17) is 0 Å². The molecule has 2 heterocycles. The number of carbonyl (C=O) groups excluding carboxylic acids is 1. The molecule has 5 rings (SSSR count). The van der Waals surface area contributed by atoms with Crippen LogP contribution >= 0.6 is 0 Å². The lowest BCUT2D eigenvalue weighted by Crippen LogP contribution is -2.44. The molecule has 10 heteroatoms. The van der Waals surface area contributed by atoms with Crippen LogP contribution < -0.4 is 15.5 Å². The number of H-pyrrole nitrogens is 1. The topological polar surface area (TPSA) is 76.3 Å². The van der Waals surface area contributed by atoms with Crippen molar-refractivity contribution in [3.05, 3.63) is 82.9 Å². The number of aromatic nitrogens is 2. The molecule has 0 spiro atoms. The molecule has 204 valence electrons. The van der Waals surface area contributed by atoms with Crippen LogP contribution in [-0.4, -0.2) is 67.5 Å². The first-order valence-corrected chi connectivity index (χ1v) is 13.0. The minimum Gasteiger partial charge on any atom is -0.384 e. The number of amides is 1. The van der Waals surface area contributed by atoms with Crippen molar-refractivity contribution in [2.45, 2.75) is 12.8 Å². The number of halogens is 3. The molecular weight excluding hydrogens is 505 g/mol. The number of anilines is 3. The third-order valence-corrected chi connectivity index (χ3v) is 6.93. The van der Waals surface area contributed by atoms with Gasteiger partial charge in [-0.2, -0.15) is 5.10 Å². The molecule has 0 radical (unpaired) electrons. The molecule has 0 unspecified atom stereocenters. The predicted molar refractivity (Wildman–Crippen MR) is 148 cm³/mol. The van der Waals surface area contributed by atoms with Crippen molar-refractivity contribution in [2.24, 2.45) is 0 Å². The van der Waals surface area contributed by atoms with Crippen LogP contribution in [0.4, 0.5) is 30.4 Å². The van der Waals surface area contributed by atoms with Crippen LogP contribution in [0.2, 0.25) is 0 Å². The van der Waals surface area contributed by atoms with E-state index in [0.717, 1.165) is 43.5 Å². The van der Waals surface area contributed by atoms with Crippen molar-refractivity contribution in [3.63, 3.8) is 0 Å². The highest BCUT2D eigenvalue weighted by atomic mass is 19.1. The zero-order valence-corrected chi connectivity index (χ0v) is 21.7. The van der Waals surface area contributed by atoms with Gasteiger partial charge in [0.2, 0.25) is 0 Å². The number of hydrogen-bond donors (Lipinski definition) is 3. The monoisotopic (exact) mass is 536 g/mol. The molecule has 1 aliphatic heterocycles. The lowest BCUT2D eigenvalue weighted by atomic mass is 10.0. The van der Waals surface area contributed by atoms with E-state index in [9.17, 15) is 18.0 Å². The Bertz CT molecular complexity index is 1440. The van der Waals surface area contributed by atoms with Gasteiger partial charge in [0.25, 0.3) is 5.91 Å². The zero-order chi connectivity index (χ0) is 27.4. The zero-order valence-electron chi connectivity index (χ0n) is 21.7. The predicted octanol–water partition coefficient (Wildman–Crippen LogP) is 5.21. The van der Waals surface area contributed by atoms with Gasteiger partial charge in [-0.15, -0.1) is 0 Å². The Morgan fingerprint density at radius 1 is 0.974 bits per heavy atom. The molecule has 1 aliphatic rings. The van der Waals surface area contributed by atoms with Crippen LogP contribution in [0.3, 0.4) is 0 Å². The molecule has 3 aromatic carbocycles. The average Bonchev–Trinajstić information content (AvgIpc) is 3.30. The average molecular weight is 537 g/mol. The number of nitrogens with one attached hydrogen (secondary N) is 3. The maximum Gasteiger partial charge on any atom is 0.258 e. The molecule has 3 N–H and O–H groups in total. The molecule has 1 amide bonds. The first-order chi connectivity index (χ1) is 18.9. The molecule has 4 aromatic rings. The van der Waals surface area contributed by atoms with Crippen molar-refractivity contribution in [2.75, 3.05) is 62.0 Å². The van der Waals surface area contributed by atoms with Gasteiger partial charge in [-0.05, 0) is 73.5 Å². The van der Waals surface area contributed by atoms with Crippen LogP contribution in [0.5, 0.6) is 0 Å². The van der Waals surface area contributed by atoms with Gasteiger partial charge >= 0.3 is 0 Å². The van der Waals surface area contributed by atoms with Crippen molar-refractivity contribution < 1.29 is 18.0 Å². The molecule has 0 aliphatic carbocycles. The van der Waals surface area contributed by atoms with Crippen LogP contribution in [0.25, 0.3) is 10.9 Å². The summed E-state index contributed by atoms with van der Waals surface area (Å²) in [6.45, 7) is 3.63. The Balaban J connectivity index is 1.38. The SMILES string of the molecule is CN1CCN(c2ccc(C(=O)Nc3n[nH]c4ccc(Cc5cc(F)cc(F)c5)cc34)c(NCCCF)c2)CC1. The van der Waals surface area contributed by atoms with Crippen molar-refractivity contribution >= 4 is 34.0 Å². The van der Waals surface area contributed by atoms with Crippen LogP contribution in [0, 0.1) is 11.6 Å². The highest BCUT2D eigenvalue weighted by Gasteiger charge is 2.19. The van der Waals surface area contributed by atoms with Gasteiger partial charge in [0.1, 0.15) is 11.6 Å². The van der Waals surface area contributed by atoms with Crippen molar-refractivity contribution in [1.82, 2.24) is 15.1 Å². The molecule has 0 saturated carbocycles. The van der Waals surface area contributed by atoms with E-state index in [2.05, 4.69) is 37.7 Å². The molecule has 1 fully saturated rings. The summed E-state index contributed by atoms with van der Waals surface area (Å²) in [4.78, 5) is 18.0. The first-order valence-electron chi connectivity index (χ1n) is 13.0. The number of nitrogens with zero attached hydrogens (tertiary/aromatic N) is 3. The van der Waals surface area contributed by atoms with Gasteiger partial charge in [0.15, 0.2) is 5.82 Å². The summed E-state index contributed by atoms with van der Waals surface area (Å²) >= 11 is 0. The molecule has 39 heavy (non-hydrogen) atoms. The second-order valence-electron chi connectivity index (χ2n) is 9.85. The standard InChI is InChI=1S/C29H31F3N6O/c1-37-9-11-38(12-10-37)23-4-5-24(27(18-23)33-8-2-7-30)29(39)34-28-25-16-19(3-6-26(25)35-36-28)13-20-14-21(31)17-22(32)15-20/h3-6,14-18,33H,2,7-13H2,1H3,(H2,34,35,36,39). The summed E-state index contributed by atoms with van der Waals surface area (Å²) in [5.41, 5.74) is 4.09. The summed E-state index contributed by atoms with van der Waals surface area (Å²) in [7, 11) is 2.09. The van der Waals surface area contributed by atoms with Gasteiger partial charge < -0.3 is 20.4 Å². The maximum atomic E-state index is 13.6. The van der Waals surface area contributed by atoms with Crippen LogP contribution in [0.15, 0.2) is 54.6 Å². The lowest BCUT2D eigenvalue weighted by molar-refractivity contribution is 0.102. The fraction of sp³-hybridized carbons (Fsp3) is 0.310. The van der Waals surface area contributed by atoms with Crippen LogP contribution in [0.1, 0.15) is 27.9 Å². The van der Waals surface area contributed by atoms with Crippen molar-refractivity contribution in [3.8, 4) is 0 Å². The van der Waals surface area contributed by atoms with Gasteiger partial charge in [-0.3, -0.25) is 14.3 Å². The van der Waals surface area contributed by atoms with E-state index >= 15 is 0 Å². The third-order valence-electron chi connectivity index (χ3n) is 6.93. The van der Waals surface area contributed by atoms with Gasteiger partial charge in [0.05, 0.1) is 17.8 Å². The second kappa shape index (κ2) is 11.8. The highest BCUT2D eigenvalue weighted by Crippen LogP contribution is 2.28. The minimum absolute atomic E-state index is 0.319. The number of likely N-dealkylation sites (N-methyl/N-ethyl adjacent to an activating group) is 1. The Morgan fingerprint density at radius 2 is 1.74 bits per heavy atom. The Labute approximate surface area is 225 Å². The third kappa shape index (κ3) is 6.34. The Kier molecular flexibility index (Phi) is 8.02. The molecule has 7 nitrogen and oxygen atoms in total. The minimum atomic E-state index is -0.628. The van der Waals surface area contributed by atoms with Crippen molar-refractivity contribution in [1.29, 1.82) is 0 Å². The van der Waals surface area contributed by atoms with E-state index in [1.165, 1.54) is 12.1 Å². The summed E-state index contributed by atoms with van der Waals surface area (Å²) in [5, 5.41) is 14.0. The number of benzene rings is 3. The van der Waals surface area contributed by atoms with E-state index in [1.807, 2.05) is 30.3 Å². The second-order valence-corrected chi connectivity index (χ2v) is 9.85. The van der Waals surface area contributed by atoms with E-state index in [1.54, 1.807) is 6.07 Å². The fourth-order valence-corrected chi connectivity index (χ4v) is 4.82. The number of hydrogen-bond acceptors (Lipinski definition) is 5. The van der Waals surface area contributed by atoms with E-state index in [-0.39, 0.29) is 5.91 Å². The number of rotatable bonds is 9. The summed E-state index contributed by atoms with van der Waals surface area (Å²) in [6, 6.07) is 14.6. The number of aromatic amines is 1. The smallest absolute Gasteiger partial charge is 0.258 e. The Morgan fingerprint density at radius 3 is 2.49 bits per heavy atom. The molecule has 1 saturated heterocycles. The molecule has 0 bridgehead atoms. The first kappa shape index (κ1) is 26.6. The number of piperazine rings is 1. The quantitative estimate of drug-likeness (QED) is 0.256. The summed E-state index contributed by atoms with van der Waals surface area (Å²) in [5.74, 6) is -1.26. The lowest BCUT2D eigenvalue weighted by Gasteiger charge is -2.34. The largest absolute Gasteiger partial charge is 0.384 e.